The third kappa shape index (κ3) is 7.37. The number of amides is 1. The molecule has 0 saturated heterocycles. The highest BCUT2D eigenvalue weighted by molar-refractivity contribution is 5.91. The van der Waals surface area contributed by atoms with Crippen molar-refractivity contribution in [1.29, 1.82) is 0 Å². The smallest absolute Gasteiger partial charge is 0.286 e. The lowest BCUT2D eigenvalue weighted by Gasteiger charge is -2.22. The van der Waals surface area contributed by atoms with Crippen molar-refractivity contribution in [3.05, 3.63) is 83.3 Å². The molecule has 0 saturated carbocycles. The first-order chi connectivity index (χ1) is 16.1. The lowest BCUT2D eigenvalue weighted by molar-refractivity contribution is 0.0916. The third-order valence-corrected chi connectivity index (χ3v) is 5.18. The largest absolute Gasteiger partial charge is 0.493 e. The Hall–Kier alpha value is -3.29. The molecule has 0 bridgehead atoms. The highest BCUT2D eigenvalue weighted by atomic mass is 16.5. The summed E-state index contributed by atoms with van der Waals surface area (Å²) in [6.45, 7) is 3.11. The predicted octanol–water partition coefficient (Wildman–Crippen LogP) is 4.27. The quantitative estimate of drug-likeness (QED) is 0.391. The van der Waals surface area contributed by atoms with Crippen molar-refractivity contribution in [3.8, 4) is 11.5 Å². The Bertz CT molecular complexity index is 1000. The van der Waals surface area contributed by atoms with Crippen LogP contribution in [-0.2, 0) is 24.4 Å². The average Bonchev–Trinajstić information content (AvgIpc) is 3.31. The van der Waals surface area contributed by atoms with Gasteiger partial charge in [0.15, 0.2) is 17.3 Å². The summed E-state index contributed by atoms with van der Waals surface area (Å²) in [5.74, 6) is 2.22. The molecule has 0 aliphatic carbocycles. The standard InChI is InChI=1S/C26H32N2O5/c1-30-15-7-14-27-26(29)24-13-11-22(33-24)19-28(17-20-8-5-4-6-9-20)18-21-10-12-23(31-2)25(16-21)32-3/h4-6,8-13,16H,7,14-15,17-19H2,1-3H3,(H,27,29). The predicted molar refractivity (Wildman–Crippen MR) is 126 cm³/mol. The first kappa shape index (κ1) is 24.4. The monoisotopic (exact) mass is 452 g/mol. The van der Waals surface area contributed by atoms with Gasteiger partial charge in [-0.25, -0.2) is 0 Å². The molecule has 7 nitrogen and oxygen atoms in total. The summed E-state index contributed by atoms with van der Waals surface area (Å²) in [6, 6.07) is 19.8. The van der Waals surface area contributed by atoms with E-state index in [9.17, 15) is 4.79 Å². The van der Waals surface area contributed by atoms with Crippen molar-refractivity contribution < 1.29 is 23.4 Å². The second-order valence-electron chi connectivity index (χ2n) is 7.69. The van der Waals surface area contributed by atoms with Crippen molar-refractivity contribution in [1.82, 2.24) is 10.2 Å². The normalized spacial score (nSPS) is 10.9. The number of rotatable bonds is 13. The molecule has 1 heterocycles. The number of benzene rings is 2. The van der Waals surface area contributed by atoms with Crippen LogP contribution in [0.3, 0.4) is 0 Å². The van der Waals surface area contributed by atoms with E-state index in [1.165, 1.54) is 5.56 Å². The topological polar surface area (TPSA) is 73.2 Å². The summed E-state index contributed by atoms with van der Waals surface area (Å²) in [5.41, 5.74) is 2.28. The first-order valence-electron chi connectivity index (χ1n) is 11.0. The van der Waals surface area contributed by atoms with E-state index in [2.05, 4.69) is 22.3 Å². The van der Waals surface area contributed by atoms with E-state index in [0.717, 1.165) is 24.3 Å². The van der Waals surface area contributed by atoms with E-state index in [1.54, 1.807) is 27.4 Å². The molecule has 33 heavy (non-hydrogen) atoms. The van der Waals surface area contributed by atoms with Crippen LogP contribution in [-0.4, -0.2) is 45.3 Å². The van der Waals surface area contributed by atoms with Crippen molar-refractivity contribution in [2.75, 3.05) is 34.5 Å². The maximum atomic E-state index is 12.3. The molecule has 0 atom stereocenters. The molecule has 0 radical (unpaired) electrons. The highest BCUT2D eigenvalue weighted by Crippen LogP contribution is 2.28. The van der Waals surface area contributed by atoms with Crippen LogP contribution in [0.5, 0.6) is 11.5 Å². The van der Waals surface area contributed by atoms with E-state index in [4.69, 9.17) is 18.6 Å². The summed E-state index contributed by atoms with van der Waals surface area (Å²) in [7, 11) is 4.90. The van der Waals surface area contributed by atoms with E-state index >= 15 is 0 Å². The zero-order valence-corrected chi connectivity index (χ0v) is 19.5. The maximum absolute atomic E-state index is 12.3. The fourth-order valence-electron chi connectivity index (χ4n) is 3.56. The molecule has 1 aromatic heterocycles. The van der Waals surface area contributed by atoms with Crippen LogP contribution < -0.4 is 14.8 Å². The second kappa shape index (κ2) is 12.7. The minimum absolute atomic E-state index is 0.216. The third-order valence-electron chi connectivity index (χ3n) is 5.18. The van der Waals surface area contributed by atoms with Gasteiger partial charge in [-0.2, -0.15) is 0 Å². The molecular formula is C26H32N2O5. The van der Waals surface area contributed by atoms with Crippen molar-refractivity contribution in [2.24, 2.45) is 0 Å². The Morgan fingerprint density at radius 3 is 2.36 bits per heavy atom. The molecule has 1 amide bonds. The Kier molecular flexibility index (Phi) is 9.35. The van der Waals surface area contributed by atoms with Crippen molar-refractivity contribution in [3.63, 3.8) is 0 Å². The fraction of sp³-hybridized carbons (Fsp3) is 0.346. The molecule has 7 heteroatoms. The Labute approximate surface area is 195 Å². The number of carbonyl (C=O) groups excluding carboxylic acids is 1. The van der Waals surface area contributed by atoms with Gasteiger partial charge in [0.25, 0.3) is 5.91 Å². The molecule has 2 aromatic carbocycles. The summed E-state index contributed by atoms with van der Waals surface area (Å²) in [5, 5.41) is 2.85. The number of nitrogens with one attached hydrogen (secondary N) is 1. The fourth-order valence-corrected chi connectivity index (χ4v) is 3.56. The number of hydrogen-bond donors (Lipinski definition) is 1. The number of furan rings is 1. The van der Waals surface area contributed by atoms with Crippen molar-refractivity contribution >= 4 is 5.91 Å². The van der Waals surface area contributed by atoms with Crippen LogP contribution in [0.2, 0.25) is 0 Å². The molecule has 1 N–H and O–H groups in total. The number of ether oxygens (including phenoxy) is 3. The van der Waals surface area contributed by atoms with Gasteiger partial charge in [-0.15, -0.1) is 0 Å². The summed E-state index contributed by atoms with van der Waals surface area (Å²) in [4.78, 5) is 14.6. The summed E-state index contributed by atoms with van der Waals surface area (Å²) in [6.07, 6.45) is 0.756. The van der Waals surface area contributed by atoms with E-state index in [1.807, 2.05) is 42.5 Å². The van der Waals surface area contributed by atoms with Crippen molar-refractivity contribution in [2.45, 2.75) is 26.1 Å². The van der Waals surface area contributed by atoms with Gasteiger partial charge >= 0.3 is 0 Å². The van der Waals surface area contributed by atoms with Gasteiger partial charge in [-0.05, 0) is 41.8 Å². The zero-order valence-electron chi connectivity index (χ0n) is 19.5. The lowest BCUT2D eigenvalue weighted by Crippen LogP contribution is -2.25. The average molecular weight is 453 g/mol. The van der Waals surface area contributed by atoms with Crippen LogP contribution in [0, 0.1) is 0 Å². The first-order valence-corrected chi connectivity index (χ1v) is 11.0. The molecule has 0 aliphatic heterocycles. The minimum Gasteiger partial charge on any atom is -0.493 e. The Morgan fingerprint density at radius 2 is 1.64 bits per heavy atom. The Balaban J connectivity index is 1.71. The van der Waals surface area contributed by atoms with Gasteiger partial charge in [0.2, 0.25) is 0 Å². The van der Waals surface area contributed by atoms with Crippen LogP contribution in [0.1, 0.15) is 33.9 Å². The van der Waals surface area contributed by atoms with Crippen LogP contribution in [0.15, 0.2) is 65.1 Å². The van der Waals surface area contributed by atoms with E-state index in [0.29, 0.717) is 43.5 Å². The molecule has 0 unspecified atom stereocenters. The summed E-state index contributed by atoms with van der Waals surface area (Å²) >= 11 is 0. The van der Waals surface area contributed by atoms with E-state index < -0.39 is 0 Å². The zero-order chi connectivity index (χ0) is 23.5. The molecule has 0 aliphatic rings. The number of nitrogens with zero attached hydrogens (tertiary/aromatic N) is 1. The molecule has 3 rings (SSSR count). The van der Waals surface area contributed by atoms with Gasteiger partial charge < -0.3 is 23.9 Å². The van der Waals surface area contributed by atoms with Gasteiger partial charge in [0.1, 0.15) is 5.76 Å². The molecule has 3 aromatic rings. The minimum atomic E-state index is -0.216. The van der Waals surface area contributed by atoms with Gasteiger partial charge in [0.05, 0.1) is 20.8 Å². The SMILES string of the molecule is COCCCNC(=O)c1ccc(CN(Cc2ccccc2)Cc2ccc(OC)c(OC)c2)o1. The number of hydrogen-bond acceptors (Lipinski definition) is 6. The van der Waals surface area contributed by atoms with Crippen LogP contribution in [0.25, 0.3) is 0 Å². The molecular weight excluding hydrogens is 420 g/mol. The second-order valence-corrected chi connectivity index (χ2v) is 7.69. The van der Waals surface area contributed by atoms with Gasteiger partial charge in [-0.3, -0.25) is 9.69 Å². The highest BCUT2D eigenvalue weighted by Gasteiger charge is 2.15. The Morgan fingerprint density at radius 1 is 0.879 bits per heavy atom. The van der Waals surface area contributed by atoms with Crippen LogP contribution >= 0.6 is 0 Å². The molecule has 0 fully saturated rings. The lowest BCUT2D eigenvalue weighted by atomic mass is 10.1. The number of methoxy groups -OCH3 is 3. The van der Waals surface area contributed by atoms with Gasteiger partial charge in [-0.1, -0.05) is 36.4 Å². The van der Waals surface area contributed by atoms with E-state index in [-0.39, 0.29) is 5.91 Å². The number of carbonyl (C=O) groups is 1. The summed E-state index contributed by atoms with van der Waals surface area (Å²) < 4.78 is 21.7. The molecule has 176 valence electrons. The maximum Gasteiger partial charge on any atom is 0.286 e. The van der Waals surface area contributed by atoms with Gasteiger partial charge in [0, 0.05) is 33.4 Å². The molecule has 0 spiro atoms. The van der Waals surface area contributed by atoms with Crippen LogP contribution in [0.4, 0.5) is 0 Å².